The highest BCUT2D eigenvalue weighted by molar-refractivity contribution is 7.96. The monoisotopic (exact) mass is 133 g/mol. The Morgan fingerprint density at radius 1 is 2.00 bits per heavy atom. The molecule has 0 radical (unpaired) electrons. The molecule has 0 aromatic rings. The van der Waals surface area contributed by atoms with Gasteiger partial charge >= 0.3 is 0 Å². The third-order valence-corrected chi connectivity index (χ3v) is 1.74. The van der Waals surface area contributed by atoms with E-state index in [1.54, 1.807) is 0 Å². The molecule has 0 bridgehead atoms. The van der Waals surface area contributed by atoms with Crippen LogP contribution in [0, 0.1) is 0 Å². The normalized spacial score (nSPS) is 44.1. The fourth-order valence-corrected chi connectivity index (χ4v) is 0.779. The van der Waals surface area contributed by atoms with Gasteiger partial charge in [0.05, 0.1) is 0 Å². The molecule has 0 spiro atoms. The highest BCUT2D eigenvalue weighted by atomic mass is 32.1. The lowest BCUT2D eigenvalue weighted by atomic mass is 10.4. The minimum absolute atomic E-state index is 0.356. The summed E-state index contributed by atoms with van der Waals surface area (Å²) in [7, 11) is 0. The predicted molar refractivity (Wildman–Crippen MR) is 31.5 cm³/mol. The second-order valence-electron chi connectivity index (χ2n) is 2.04. The van der Waals surface area contributed by atoms with Crippen molar-refractivity contribution >= 4 is 17.7 Å². The lowest BCUT2D eigenvalue weighted by Crippen LogP contribution is -2.26. The van der Waals surface area contributed by atoms with Crippen LogP contribution in [0.15, 0.2) is 0 Å². The molecule has 2 atom stereocenters. The minimum atomic E-state index is -1.29. The number of hydrogen-bond donors (Lipinski definition) is 3. The van der Waals surface area contributed by atoms with Gasteiger partial charge in [0, 0.05) is 12.5 Å². The van der Waals surface area contributed by atoms with E-state index in [9.17, 15) is 4.79 Å². The van der Waals surface area contributed by atoms with Gasteiger partial charge in [-0.2, -0.15) is 0 Å². The largest absolute Gasteiger partial charge is 0.379 e. The molecule has 46 valence electrons. The number of carbonyl (C=O) groups is 1. The summed E-state index contributed by atoms with van der Waals surface area (Å²) in [5, 5.41) is 8.40. The Labute approximate surface area is 52.3 Å². The zero-order valence-electron chi connectivity index (χ0n) is 4.16. The smallest absolute Gasteiger partial charge is 0.219 e. The number of thiol groups is 1. The van der Waals surface area contributed by atoms with Crippen molar-refractivity contribution in [2.24, 2.45) is 5.73 Å². The van der Waals surface area contributed by atoms with Gasteiger partial charge in [-0.3, -0.25) is 4.79 Å². The molecule has 1 rings (SSSR count). The Hall–Kier alpha value is -0.0600. The summed E-state index contributed by atoms with van der Waals surface area (Å²) >= 11 is 3.43. The van der Waals surface area contributed by atoms with Crippen molar-refractivity contribution in [3.63, 3.8) is 0 Å². The van der Waals surface area contributed by atoms with Gasteiger partial charge < -0.3 is 10.8 Å². The Bertz CT molecular complexity index is 138. The SMILES string of the molecule is NC1CC1(O)C(=O)S. The van der Waals surface area contributed by atoms with Crippen LogP contribution >= 0.6 is 12.6 Å². The highest BCUT2D eigenvalue weighted by Gasteiger charge is 2.55. The molecule has 3 N–H and O–H groups in total. The fourth-order valence-electron chi connectivity index (χ4n) is 0.522. The molecule has 0 aromatic carbocycles. The molecule has 0 saturated heterocycles. The van der Waals surface area contributed by atoms with Crippen LogP contribution in [0.3, 0.4) is 0 Å². The minimum Gasteiger partial charge on any atom is -0.379 e. The molecule has 2 unspecified atom stereocenters. The predicted octanol–water partition coefficient (Wildman–Crippen LogP) is -1.10. The number of rotatable bonds is 1. The van der Waals surface area contributed by atoms with Gasteiger partial charge in [-0.15, -0.1) is 12.6 Å². The number of nitrogens with two attached hydrogens (primary N) is 1. The van der Waals surface area contributed by atoms with Crippen LogP contribution < -0.4 is 5.73 Å². The van der Waals surface area contributed by atoms with Crippen molar-refractivity contribution in [2.45, 2.75) is 18.1 Å². The van der Waals surface area contributed by atoms with E-state index in [1.165, 1.54) is 0 Å². The first-order valence-electron chi connectivity index (χ1n) is 2.29. The van der Waals surface area contributed by atoms with Crippen LogP contribution in [-0.2, 0) is 4.79 Å². The van der Waals surface area contributed by atoms with Crippen molar-refractivity contribution < 1.29 is 9.90 Å². The van der Waals surface area contributed by atoms with Crippen LogP contribution in [-0.4, -0.2) is 21.9 Å². The van der Waals surface area contributed by atoms with Gasteiger partial charge in [-0.05, 0) is 0 Å². The molecule has 3 nitrogen and oxygen atoms in total. The first-order chi connectivity index (χ1) is 3.57. The lowest BCUT2D eigenvalue weighted by Gasteiger charge is -1.98. The number of hydrogen-bond acceptors (Lipinski definition) is 3. The van der Waals surface area contributed by atoms with Gasteiger partial charge in [0.25, 0.3) is 0 Å². The molecule has 1 aliphatic rings. The van der Waals surface area contributed by atoms with E-state index in [2.05, 4.69) is 12.6 Å². The second kappa shape index (κ2) is 1.46. The van der Waals surface area contributed by atoms with Gasteiger partial charge in [0.15, 0.2) is 0 Å². The Morgan fingerprint density at radius 3 is 2.38 bits per heavy atom. The van der Waals surface area contributed by atoms with E-state index < -0.39 is 10.7 Å². The van der Waals surface area contributed by atoms with Crippen LogP contribution in [0.1, 0.15) is 6.42 Å². The summed E-state index contributed by atoms with van der Waals surface area (Å²) < 4.78 is 0. The molecular formula is C4H7NO2S. The van der Waals surface area contributed by atoms with Crippen LogP contribution in [0.2, 0.25) is 0 Å². The van der Waals surface area contributed by atoms with Crippen molar-refractivity contribution in [3.8, 4) is 0 Å². The molecule has 0 heterocycles. The van der Waals surface area contributed by atoms with E-state index in [4.69, 9.17) is 10.8 Å². The first kappa shape index (κ1) is 6.07. The van der Waals surface area contributed by atoms with Crippen molar-refractivity contribution in [1.82, 2.24) is 0 Å². The first-order valence-corrected chi connectivity index (χ1v) is 2.73. The van der Waals surface area contributed by atoms with E-state index in [1.807, 2.05) is 0 Å². The van der Waals surface area contributed by atoms with Gasteiger partial charge in [-0.1, -0.05) is 0 Å². The van der Waals surface area contributed by atoms with Crippen molar-refractivity contribution in [2.75, 3.05) is 0 Å². The summed E-state index contributed by atoms with van der Waals surface area (Å²) in [4.78, 5) is 10.3. The quantitative estimate of drug-likeness (QED) is 0.398. The van der Waals surface area contributed by atoms with E-state index in [-0.39, 0.29) is 6.04 Å². The molecule has 0 aromatic heterocycles. The summed E-state index contributed by atoms with van der Waals surface area (Å²) in [6.45, 7) is 0. The highest BCUT2D eigenvalue weighted by Crippen LogP contribution is 2.35. The van der Waals surface area contributed by atoms with Gasteiger partial charge in [0.2, 0.25) is 5.12 Å². The molecule has 4 heteroatoms. The molecular weight excluding hydrogens is 126 g/mol. The maximum absolute atomic E-state index is 10.3. The van der Waals surface area contributed by atoms with Crippen molar-refractivity contribution in [1.29, 1.82) is 0 Å². The van der Waals surface area contributed by atoms with E-state index in [0.29, 0.717) is 6.42 Å². The number of carbonyl (C=O) groups excluding carboxylic acids is 1. The standard InChI is InChI=1S/C4H7NO2S/c5-2-1-4(2,7)3(6)8/h2,7H,1,5H2,(H,6,8). The molecule has 0 amide bonds. The van der Waals surface area contributed by atoms with E-state index >= 15 is 0 Å². The topological polar surface area (TPSA) is 63.3 Å². The Kier molecular flexibility index (Phi) is 1.11. The zero-order valence-corrected chi connectivity index (χ0v) is 5.06. The van der Waals surface area contributed by atoms with Crippen LogP contribution in [0.4, 0.5) is 0 Å². The molecule has 1 saturated carbocycles. The summed E-state index contributed by atoms with van der Waals surface area (Å²) in [6, 6.07) is -0.382. The van der Waals surface area contributed by atoms with E-state index in [0.717, 1.165) is 0 Å². The fraction of sp³-hybridized carbons (Fsp3) is 0.750. The second-order valence-corrected chi connectivity index (χ2v) is 2.45. The zero-order chi connectivity index (χ0) is 6.36. The Balaban J connectivity index is 2.60. The summed E-state index contributed by atoms with van der Waals surface area (Å²) in [5.41, 5.74) is 3.89. The maximum atomic E-state index is 10.3. The molecule has 1 aliphatic carbocycles. The summed E-state index contributed by atoms with van der Waals surface area (Å²) in [6.07, 6.45) is 0.356. The molecule has 8 heavy (non-hydrogen) atoms. The van der Waals surface area contributed by atoms with Crippen LogP contribution in [0.5, 0.6) is 0 Å². The third kappa shape index (κ3) is 0.649. The molecule has 0 aliphatic heterocycles. The maximum Gasteiger partial charge on any atom is 0.219 e. The molecule has 1 fully saturated rings. The number of aliphatic hydroxyl groups is 1. The summed E-state index contributed by atoms with van der Waals surface area (Å²) in [5.74, 6) is 0. The third-order valence-electron chi connectivity index (χ3n) is 1.35. The van der Waals surface area contributed by atoms with Crippen molar-refractivity contribution in [3.05, 3.63) is 0 Å². The average Bonchev–Trinajstić information content (AvgIpc) is 2.17. The van der Waals surface area contributed by atoms with Crippen LogP contribution in [0.25, 0.3) is 0 Å². The Morgan fingerprint density at radius 2 is 2.38 bits per heavy atom. The average molecular weight is 133 g/mol. The lowest BCUT2D eigenvalue weighted by molar-refractivity contribution is -0.120. The van der Waals surface area contributed by atoms with Gasteiger partial charge in [0.1, 0.15) is 5.60 Å². The van der Waals surface area contributed by atoms with Gasteiger partial charge in [-0.25, -0.2) is 0 Å².